The highest BCUT2D eigenvalue weighted by molar-refractivity contribution is 7.89. The second-order valence-corrected chi connectivity index (χ2v) is 6.32. The normalized spacial score (nSPS) is 13.7. The van der Waals surface area contributed by atoms with E-state index in [0.29, 0.717) is 0 Å². The van der Waals surface area contributed by atoms with Gasteiger partial charge in [-0.05, 0) is 19.9 Å². The van der Waals surface area contributed by atoms with Crippen LogP contribution >= 0.6 is 0 Å². The molecule has 9 heteroatoms. The number of hydrogen-bond acceptors (Lipinski definition) is 5. The minimum atomic E-state index is -3.94. The molecule has 0 bridgehead atoms. The number of carboxylic acid groups (broad SMARTS) is 1. The van der Waals surface area contributed by atoms with Crippen molar-refractivity contribution in [3.63, 3.8) is 0 Å². The van der Waals surface area contributed by atoms with Crippen LogP contribution in [0.2, 0.25) is 0 Å². The van der Waals surface area contributed by atoms with E-state index in [9.17, 15) is 13.2 Å². The van der Waals surface area contributed by atoms with Gasteiger partial charge in [-0.2, -0.15) is 0 Å². The molecule has 0 aliphatic rings. The van der Waals surface area contributed by atoms with Crippen LogP contribution in [-0.4, -0.2) is 53.5 Å². The maximum absolute atomic E-state index is 12.0. The van der Waals surface area contributed by atoms with Gasteiger partial charge in [0.2, 0.25) is 10.0 Å². The van der Waals surface area contributed by atoms with Crippen LogP contribution < -0.4 is 4.72 Å². The fourth-order valence-corrected chi connectivity index (χ4v) is 2.65. The fraction of sp³-hybridized carbons (Fsp3) is 0.545. The van der Waals surface area contributed by atoms with Gasteiger partial charge in [0.05, 0.1) is 12.7 Å². The zero-order valence-corrected chi connectivity index (χ0v) is 12.0. The Hall–Kier alpha value is -1.42. The van der Waals surface area contributed by atoms with E-state index in [2.05, 4.69) is 4.72 Å². The molecule has 0 aliphatic carbocycles. The first kappa shape index (κ1) is 16.6. The van der Waals surface area contributed by atoms with Crippen LogP contribution in [-0.2, 0) is 10.0 Å². The second-order valence-electron chi connectivity index (χ2n) is 4.56. The summed E-state index contributed by atoms with van der Waals surface area (Å²) in [7, 11) is -3.94. The zero-order valence-electron chi connectivity index (χ0n) is 11.1. The Morgan fingerprint density at radius 3 is 2.45 bits per heavy atom. The molecule has 20 heavy (non-hydrogen) atoms. The SMILES string of the molecule is CC(C)n1cc(S(=O)(=O)NCC(O)CO)cc1C(=O)O. The molecule has 114 valence electrons. The van der Waals surface area contributed by atoms with Crippen molar-refractivity contribution in [2.24, 2.45) is 0 Å². The van der Waals surface area contributed by atoms with Crippen LogP contribution in [0.15, 0.2) is 17.2 Å². The monoisotopic (exact) mass is 306 g/mol. The van der Waals surface area contributed by atoms with Gasteiger partial charge in [-0.1, -0.05) is 0 Å². The largest absolute Gasteiger partial charge is 0.477 e. The molecule has 0 aromatic carbocycles. The summed E-state index contributed by atoms with van der Waals surface area (Å²) in [6.07, 6.45) is 0.0119. The second kappa shape index (κ2) is 6.35. The van der Waals surface area contributed by atoms with Crippen LogP contribution in [0.25, 0.3) is 0 Å². The Bertz CT molecular complexity index is 578. The number of rotatable bonds is 7. The summed E-state index contributed by atoms with van der Waals surface area (Å²) >= 11 is 0. The minimum Gasteiger partial charge on any atom is -0.477 e. The molecule has 0 fully saturated rings. The summed E-state index contributed by atoms with van der Waals surface area (Å²) in [5, 5.41) is 26.8. The number of aliphatic hydroxyl groups is 2. The van der Waals surface area contributed by atoms with Crippen LogP contribution in [0.5, 0.6) is 0 Å². The number of nitrogens with one attached hydrogen (secondary N) is 1. The maximum atomic E-state index is 12.0. The number of carbonyl (C=O) groups is 1. The molecule has 0 saturated carbocycles. The summed E-state index contributed by atoms with van der Waals surface area (Å²) in [4.78, 5) is 10.9. The molecule has 0 radical (unpaired) electrons. The Morgan fingerprint density at radius 1 is 1.45 bits per heavy atom. The number of sulfonamides is 1. The lowest BCUT2D eigenvalue weighted by Crippen LogP contribution is -2.33. The first-order chi connectivity index (χ1) is 9.19. The fourth-order valence-electron chi connectivity index (χ4n) is 1.55. The van der Waals surface area contributed by atoms with Crippen molar-refractivity contribution in [1.29, 1.82) is 0 Å². The van der Waals surface area contributed by atoms with Gasteiger partial charge in [-0.25, -0.2) is 17.9 Å². The van der Waals surface area contributed by atoms with Crippen molar-refractivity contribution in [2.75, 3.05) is 13.2 Å². The molecule has 1 aromatic heterocycles. The molecule has 8 nitrogen and oxygen atoms in total. The van der Waals surface area contributed by atoms with Crippen LogP contribution in [0.3, 0.4) is 0 Å². The summed E-state index contributed by atoms with van der Waals surface area (Å²) in [5.74, 6) is -1.23. The van der Waals surface area contributed by atoms with Gasteiger partial charge < -0.3 is 19.9 Å². The predicted octanol–water partition coefficient (Wildman–Crippen LogP) is -0.601. The number of nitrogens with zero attached hydrogens (tertiary/aromatic N) is 1. The van der Waals surface area contributed by atoms with Crippen molar-refractivity contribution in [2.45, 2.75) is 30.9 Å². The summed E-state index contributed by atoms with van der Waals surface area (Å²) in [6.45, 7) is 2.53. The third-order valence-corrected chi connectivity index (χ3v) is 4.02. The molecular weight excluding hydrogens is 288 g/mol. The summed E-state index contributed by atoms with van der Waals surface area (Å²) in [5.41, 5.74) is -0.136. The molecule has 1 rings (SSSR count). The molecule has 1 atom stereocenters. The van der Waals surface area contributed by atoms with Crippen molar-refractivity contribution < 1.29 is 28.5 Å². The molecule has 1 heterocycles. The number of carboxylic acids is 1. The summed E-state index contributed by atoms with van der Waals surface area (Å²) in [6, 6.07) is 0.837. The molecule has 4 N–H and O–H groups in total. The van der Waals surface area contributed by atoms with E-state index in [1.165, 1.54) is 10.8 Å². The maximum Gasteiger partial charge on any atom is 0.352 e. The van der Waals surface area contributed by atoms with Gasteiger partial charge in [0.1, 0.15) is 10.6 Å². The third-order valence-electron chi connectivity index (χ3n) is 2.63. The van der Waals surface area contributed by atoms with Crippen LogP contribution in [0.1, 0.15) is 30.4 Å². The Balaban J connectivity index is 3.07. The van der Waals surface area contributed by atoms with Crippen molar-refractivity contribution >= 4 is 16.0 Å². The van der Waals surface area contributed by atoms with Crippen molar-refractivity contribution in [3.05, 3.63) is 18.0 Å². The quantitative estimate of drug-likeness (QED) is 0.532. The molecule has 0 amide bonds. The highest BCUT2D eigenvalue weighted by Gasteiger charge is 2.22. The lowest BCUT2D eigenvalue weighted by molar-refractivity contribution is 0.0683. The third kappa shape index (κ3) is 3.79. The van der Waals surface area contributed by atoms with Crippen molar-refractivity contribution in [1.82, 2.24) is 9.29 Å². The molecule has 1 unspecified atom stereocenters. The smallest absolute Gasteiger partial charge is 0.352 e. The molecule has 1 aromatic rings. The van der Waals surface area contributed by atoms with Gasteiger partial charge in [0.15, 0.2) is 0 Å². The topological polar surface area (TPSA) is 129 Å². The van der Waals surface area contributed by atoms with Gasteiger partial charge >= 0.3 is 5.97 Å². The zero-order chi connectivity index (χ0) is 15.5. The van der Waals surface area contributed by atoms with E-state index in [1.54, 1.807) is 13.8 Å². The standard InChI is InChI=1S/C11H18N2O6S/c1-7(2)13-5-9(3-10(13)11(16)17)20(18,19)12-4-8(15)6-14/h3,5,7-8,12,14-15H,4,6H2,1-2H3,(H,16,17). The first-order valence-corrected chi connectivity index (χ1v) is 7.41. The van der Waals surface area contributed by atoms with E-state index in [0.717, 1.165) is 6.07 Å². The Labute approximate surface area is 116 Å². The van der Waals surface area contributed by atoms with E-state index >= 15 is 0 Å². The highest BCUT2D eigenvalue weighted by atomic mass is 32.2. The first-order valence-electron chi connectivity index (χ1n) is 5.92. The van der Waals surface area contributed by atoms with Gasteiger partial charge in [0.25, 0.3) is 0 Å². The van der Waals surface area contributed by atoms with Crippen LogP contribution in [0.4, 0.5) is 0 Å². The molecular formula is C11H18N2O6S. The number of aromatic nitrogens is 1. The molecule has 0 aliphatic heterocycles. The Morgan fingerprint density at radius 2 is 2.05 bits per heavy atom. The summed E-state index contributed by atoms with van der Waals surface area (Å²) < 4.78 is 27.3. The van der Waals surface area contributed by atoms with Crippen molar-refractivity contribution in [3.8, 4) is 0 Å². The predicted molar refractivity (Wildman–Crippen MR) is 70.1 cm³/mol. The van der Waals surface area contributed by atoms with E-state index in [-0.39, 0.29) is 23.2 Å². The number of aliphatic hydroxyl groups excluding tert-OH is 2. The number of aromatic carboxylic acids is 1. The Kier molecular flexibility index (Phi) is 5.28. The van der Waals surface area contributed by atoms with Crippen LogP contribution in [0, 0.1) is 0 Å². The van der Waals surface area contributed by atoms with Gasteiger partial charge in [-0.3, -0.25) is 0 Å². The molecule has 0 spiro atoms. The minimum absolute atomic E-state index is 0.136. The average molecular weight is 306 g/mol. The lowest BCUT2D eigenvalue weighted by atomic mass is 10.3. The highest BCUT2D eigenvalue weighted by Crippen LogP contribution is 2.18. The van der Waals surface area contributed by atoms with Gasteiger partial charge in [0, 0.05) is 18.8 Å². The molecule has 0 saturated heterocycles. The van der Waals surface area contributed by atoms with Gasteiger partial charge in [-0.15, -0.1) is 0 Å². The average Bonchev–Trinajstić information content (AvgIpc) is 2.82. The number of hydrogen-bond donors (Lipinski definition) is 4. The van der Waals surface area contributed by atoms with E-state index in [1.807, 2.05) is 0 Å². The lowest BCUT2D eigenvalue weighted by Gasteiger charge is -2.10. The van der Waals surface area contributed by atoms with E-state index in [4.69, 9.17) is 15.3 Å². The van der Waals surface area contributed by atoms with E-state index < -0.39 is 28.7 Å².